The standard InChI is InChI=1S/C37H39ClN8/c1-37(2,3)45-17-15-28(16-18-45)46-23-33(43-44-46)35(25-10-5-4-6-11-25)41-27-19-30-34(26(21-39)22-40-36(30)31(38)20-27)42-32-14-13-24-9-7-8-12-29(24)32/h4-12,19-20,22-23,28,32,35,41H,13-18H2,1-3H3,(H,40,42)/t32-,35-/m0/s1. The van der Waals surface area contributed by atoms with Gasteiger partial charge in [0.05, 0.1) is 46.1 Å². The van der Waals surface area contributed by atoms with Gasteiger partial charge in [-0.1, -0.05) is 71.4 Å². The first kappa shape index (κ1) is 30.2. The van der Waals surface area contributed by atoms with Crippen LogP contribution in [0, 0.1) is 11.3 Å². The third-order valence-electron chi connectivity index (χ3n) is 9.55. The van der Waals surface area contributed by atoms with Crippen molar-refractivity contribution >= 4 is 33.9 Å². The predicted molar refractivity (Wildman–Crippen MR) is 184 cm³/mol. The summed E-state index contributed by atoms with van der Waals surface area (Å²) in [7, 11) is 0. The molecule has 1 aliphatic carbocycles. The second-order valence-corrected chi connectivity index (χ2v) is 13.9. The summed E-state index contributed by atoms with van der Waals surface area (Å²) in [5.74, 6) is 0. The maximum atomic E-state index is 10.1. The van der Waals surface area contributed by atoms with Gasteiger partial charge < -0.3 is 10.6 Å². The molecule has 0 saturated carbocycles. The Hall–Kier alpha value is -4.45. The van der Waals surface area contributed by atoms with E-state index in [1.807, 2.05) is 35.0 Å². The van der Waals surface area contributed by atoms with E-state index >= 15 is 0 Å². The molecule has 1 fully saturated rings. The fourth-order valence-corrected chi connectivity index (χ4v) is 7.28. The lowest BCUT2D eigenvalue weighted by Crippen LogP contribution is -2.46. The number of halogens is 1. The van der Waals surface area contributed by atoms with Gasteiger partial charge in [-0.15, -0.1) is 5.10 Å². The van der Waals surface area contributed by atoms with Gasteiger partial charge in [-0.05, 0) is 75.3 Å². The van der Waals surface area contributed by atoms with E-state index < -0.39 is 0 Å². The lowest BCUT2D eigenvalue weighted by molar-refractivity contribution is 0.0866. The largest absolute Gasteiger partial charge is 0.377 e. The molecule has 0 spiro atoms. The van der Waals surface area contributed by atoms with Crippen molar-refractivity contribution in [3.63, 3.8) is 0 Å². The van der Waals surface area contributed by atoms with Crippen LogP contribution in [0.25, 0.3) is 10.9 Å². The number of pyridine rings is 1. The molecule has 3 heterocycles. The first-order valence-electron chi connectivity index (χ1n) is 16.1. The first-order chi connectivity index (χ1) is 22.3. The molecule has 0 unspecified atom stereocenters. The number of hydrogen-bond donors (Lipinski definition) is 2. The molecular formula is C37H39ClN8. The van der Waals surface area contributed by atoms with Gasteiger partial charge >= 0.3 is 0 Å². The van der Waals surface area contributed by atoms with Crippen molar-refractivity contribution in [1.29, 1.82) is 5.26 Å². The second kappa shape index (κ2) is 12.4. The number of anilines is 2. The van der Waals surface area contributed by atoms with E-state index in [1.54, 1.807) is 6.20 Å². The van der Waals surface area contributed by atoms with Crippen molar-refractivity contribution in [3.05, 3.63) is 112 Å². The van der Waals surface area contributed by atoms with Crippen LogP contribution in [0.3, 0.4) is 0 Å². The topological polar surface area (TPSA) is 94.7 Å². The molecule has 2 aliphatic rings. The van der Waals surface area contributed by atoms with Gasteiger partial charge in [0.1, 0.15) is 11.8 Å². The Morgan fingerprint density at radius 1 is 1.00 bits per heavy atom. The summed E-state index contributed by atoms with van der Waals surface area (Å²) in [5.41, 5.74) is 7.40. The van der Waals surface area contributed by atoms with Crippen LogP contribution in [-0.2, 0) is 6.42 Å². The highest BCUT2D eigenvalue weighted by molar-refractivity contribution is 6.35. The molecule has 7 rings (SSSR count). The maximum absolute atomic E-state index is 10.1. The average Bonchev–Trinajstić information content (AvgIpc) is 3.72. The van der Waals surface area contributed by atoms with Crippen LogP contribution in [0.15, 0.2) is 79.1 Å². The summed E-state index contributed by atoms with van der Waals surface area (Å²) >= 11 is 6.90. The van der Waals surface area contributed by atoms with Gasteiger partial charge in [0, 0.05) is 35.9 Å². The highest BCUT2D eigenvalue weighted by Gasteiger charge is 2.29. The Bertz CT molecular complexity index is 1900. The van der Waals surface area contributed by atoms with Crippen LogP contribution < -0.4 is 10.6 Å². The van der Waals surface area contributed by atoms with Crippen LogP contribution in [0.4, 0.5) is 11.4 Å². The summed E-state index contributed by atoms with van der Waals surface area (Å²) in [6, 6.07) is 25.2. The molecule has 2 atom stereocenters. The van der Waals surface area contributed by atoms with E-state index in [0.29, 0.717) is 22.1 Å². The molecule has 0 radical (unpaired) electrons. The maximum Gasteiger partial charge on any atom is 0.109 e. The highest BCUT2D eigenvalue weighted by atomic mass is 35.5. The van der Waals surface area contributed by atoms with Gasteiger partial charge in [-0.3, -0.25) is 9.88 Å². The van der Waals surface area contributed by atoms with Crippen molar-refractivity contribution in [2.45, 2.75) is 70.1 Å². The van der Waals surface area contributed by atoms with Crippen molar-refractivity contribution in [2.75, 3.05) is 23.7 Å². The number of piperidine rings is 1. The number of nitrogens with one attached hydrogen (secondary N) is 2. The number of aromatic nitrogens is 4. The van der Waals surface area contributed by atoms with Gasteiger partial charge in [0.25, 0.3) is 0 Å². The molecule has 3 aromatic carbocycles. The summed E-state index contributed by atoms with van der Waals surface area (Å²) in [6.45, 7) is 8.92. The van der Waals surface area contributed by atoms with E-state index in [9.17, 15) is 5.26 Å². The molecule has 2 N–H and O–H groups in total. The Morgan fingerprint density at radius 2 is 1.76 bits per heavy atom. The molecule has 234 valence electrons. The SMILES string of the molecule is CC(C)(C)N1CCC(n2cc([C@@H](Nc3cc(Cl)c4ncc(C#N)c(N[C@H]5CCc6ccccc65)c4c3)c3ccccc3)nn2)CC1. The first-order valence-corrected chi connectivity index (χ1v) is 16.5. The van der Waals surface area contributed by atoms with E-state index in [-0.39, 0.29) is 17.6 Å². The third-order valence-corrected chi connectivity index (χ3v) is 9.84. The molecular weight excluding hydrogens is 592 g/mol. The zero-order valence-electron chi connectivity index (χ0n) is 26.5. The fourth-order valence-electron chi connectivity index (χ4n) is 7.01. The molecule has 0 bridgehead atoms. The normalized spacial score (nSPS) is 17.8. The lowest BCUT2D eigenvalue weighted by atomic mass is 9.98. The number of rotatable bonds is 7. The Balaban J connectivity index is 1.22. The highest BCUT2D eigenvalue weighted by Crippen LogP contribution is 2.40. The number of likely N-dealkylation sites (tertiary alicyclic amines) is 1. The monoisotopic (exact) mass is 630 g/mol. The fraction of sp³-hybridized carbons (Fsp3) is 0.351. The minimum atomic E-state index is -0.261. The van der Waals surface area contributed by atoms with Crippen LogP contribution in [-0.4, -0.2) is 43.5 Å². The minimum absolute atomic E-state index is 0.103. The van der Waals surface area contributed by atoms with Gasteiger partial charge in [0.15, 0.2) is 0 Å². The number of fused-ring (bicyclic) bond motifs is 2. The molecule has 2 aromatic heterocycles. The summed E-state index contributed by atoms with van der Waals surface area (Å²) in [4.78, 5) is 7.13. The second-order valence-electron chi connectivity index (χ2n) is 13.4. The van der Waals surface area contributed by atoms with Crippen LogP contribution in [0.5, 0.6) is 0 Å². The molecule has 1 saturated heterocycles. The molecule has 0 amide bonds. The lowest BCUT2D eigenvalue weighted by Gasteiger charge is -2.40. The quantitative estimate of drug-likeness (QED) is 0.188. The molecule has 8 nitrogen and oxygen atoms in total. The zero-order valence-corrected chi connectivity index (χ0v) is 27.3. The molecule has 1 aliphatic heterocycles. The number of hydrogen-bond acceptors (Lipinski definition) is 7. The van der Waals surface area contributed by atoms with Crippen molar-refractivity contribution < 1.29 is 0 Å². The Kier molecular flexibility index (Phi) is 8.14. The zero-order chi connectivity index (χ0) is 31.8. The number of benzene rings is 3. The van der Waals surface area contributed by atoms with Gasteiger partial charge in [-0.2, -0.15) is 5.26 Å². The van der Waals surface area contributed by atoms with Gasteiger partial charge in [0.2, 0.25) is 0 Å². The minimum Gasteiger partial charge on any atom is -0.377 e. The van der Waals surface area contributed by atoms with E-state index in [1.165, 1.54) is 11.1 Å². The molecule has 46 heavy (non-hydrogen) atoms. The summed E-state index contributed by atoms with van der Waals surface area (Å²) in [5, 5.41) is 28.1. The van der Waals surface area contributed by atoms with E-state index in [4.69, 9.17) is 11.6 Å². The summed E-state index contributed by atoms with van der Waals surface area (Å²) < 4.78 is 2.05. The average molecular weight is 631 g/mol. The molecule has 9 heteroatoms. The van der Waals surface area contributed by atoms with Gasteiger partial charge in [-0.25, -0.2) is 4.68 Å². The summed E-state index contributed by atoms with van der Waals surface area (Å²) in [6.07, 6.45) is 7.74. The van der Waals surface area contributed by atoms with E-state index in [0.717, 1.165) is 66.8 Å². The number of nitriles is 1. The van der Waals surface area contributed by atoms with Crippen LogP contribution in [0.2, 0.25) is 5.02 Å². The van der Waals surface area contributed by atoms with Crippen molar-refractivity contribution in [2.24, 2.45) is 0 Å². The van der Waals surface area contributed by atoms with E-state index in [2.05, 4.69) is 100 Å². The molecule has 5 aromatic rings. The third kappa shape index (κ3) is 5.93. The number of aryl methyl sites for hydroxylation is 1. The smallest absolute Gasteiger partial charge is 0.109 e. The Morgan fingerprint density at radius 3 is 2.52 bits per heavy atom. The van der Waals surface area contributed by atoms with Crippen LogP contribution >= 0.6 is 11.6 Å². The van der Waals surface area contributed by atoms with Crippen molar-refractivity contribution in [3.8, 4) is 6.07 Å². The number of nitrogens with zero attached hydrogens (tertiary/aromatic N) is 6. The predicted octanol–water partition coefficient (Wildman–Crippen LogP) is 8.09. The van der Waals surface area contributed by atoms with Crippen LogP contribution in [0.1, 0.15) is 86.1 Å². The van der Waals surface area contributed by atoms with Crippen molar-refractivity contribution in [1.82, 2.24) is 24.9 Å². The Labute approximate surface area is 275 Å².